The molecule has 0 aromatic carbocycles. The third-order valence-corrected chi connectivity index (χ3v) is 4.58. The average Bonchev–Trinajstić information content (AvgIpc) is 2.82. The molecule has 1 saturated heterocycles. The summed E-state index contributed by atoms with van der Waals surface area (Å²) in [5, 5.41) is 0. The number of nitrogens with one attached hydrogen (secondary N) is 1. The van der Waals surface area contributed by atoms with E-state index >= 15 is 0 Å². The number of sulfonamides is 1. The topological polar surface area (TPSA) is 97.0 Å². The van der Waals surface area contributed by atoms with Crippen molar-refractivity contribution >= 4 is 16.0 Å². The fourth-order valence-corrected chi connectivity index (χ4v) is 3.65. The summed E-state index contributed by atoms with van der Waals surface area (Å²) < 4.78 is 30.6. The van der Waals surface area contributed by atoms with Crippen LogP contribution >= 0.6 is 0 Å². The highest BCUT2D eigenvalue weighted by Gasteiger charge is 2.29. The second-order valence-corrected chi connectivity index (χ2v) is 7.27. The van der Waals surface area contributed by atoms with Crippen molar-refractivity contribution in [1.29, 1.82) is 0 Å². The van der Waals surface area contributed by atoms with Gasteiger partial charge in [-0.05, 0) is 18.8 Å². The van der Waals surface area contributed by atoms with Crippen LogP contribution in [0.3, 0.4) is 0 Å². The fourth-order valence-electron chi connectivity index (χ4n) is 2.79. The van der Waals surface area contributed by atoms with Crippen LogP contribution in [0.5, 0.6) is 0 Å². The normalized spacial score (nSPS) is 28.9. The smallest absolute Gasteiger partial charge is 0.208 e. The van der Waals surface area contributed by atoms with E-state index in [1.54, 1.807) is 0 Å². The minimum Gasteiger partial charge on any atom is -0.378 e. The van der Waals surface area contributed by atoms with Gasteiger partial charge in [-0.25, -0.2) is 13.1 Å². The molecule has 2 rings (SSSR count). The summed E-state index contributed by atoms with van der Waals surface area (Å²) in [6, 6.07) is -0.00811. The molecular formula is C12H24N4O3S. The first-order chi connectivity index (χ1) is 9.46. The molecule has 1 aliphatic heterocycles. The largest absolute Gasteiger partial charge is 0.378 e. The van der Waals surface area contributed by atoms with Gasteiger partial charge in [0.05, 0.1) is 19.5 Å². The molecule has 8 heteroatoms. The van der Waals surface area contributed by atoms with E-state index < -0.39 is 10.0 Å². The van der Waals surface area contributed by atoms with Crippen LogP contribution in [0.25, 0.3) is 0 Å². The zero-order valence-corrected chi connectivity index (χ0v) is 12.7. The fraction of sp³-hybridized carbons (Fsp3) is 0.917. The highest BCUT2D eigenvalue weighted by Crippen LogP contribution is 2.26. The zero-order valence-electron chi connectivity index (χ0n) is 11.9. The van der Waals surface area contributed by atoms with E-state index in [0.29, 0.717) is 25.7 Å². The van der Waals surface area contributed by atoms with Crippen LogP contribution in [-0.2, 0) is 14.8 Å². The summed E-state index contributed by atoms with van der Waals surface area (Å²) in [6.07, 6.45) is 4.11. The highest BCUT2D eigenvalue weighted by atomic mass is 32.2. The summed E-state index contributed by atoms with van der Waals surface area (Å²) in [6.45, 7) is 3.47. The molecule has 20 heavy (non-hydrogen) atoms. The first kappa shape index (κ1) is 15.5. The van der Waals surface area contributed by atoms with E-state index in [1.807, 2.05) is 4.90 Å². The number of guanidine groups is 1. The van der Waals surface area contributed by atoms with Crippen molar-refractivity contribution in [3.05, 3.63) is 0 Å². The van der Waals surface area contributed by atoms with Crippen molar-refractivity contribution in [3.8, 4) is 0 Å². The molecule has 0 bridgehead atoms. The van der Waals surface area contributed by atoms with Gasteiger partial charge < -0.3 is 15.4 Å². The van der Waals surface area contributed by atoms with Crippen LogP contribution in [0.4, 0.5) is 0 Å². The maximum atomic E-state index is 11.3. The maximum Gasteiger partial charge on any atom is 0.208 e. The summed E-state index contributed by atoms with van der Waals surface area (Å²) in [5.41, 5.74) is 5.98. The molecule has 2 fully saturated rings. The minimum atomic E-state index is -3.16. The predicted octanol–water partition coefficient (Wildman–Crippen LogP) is -0.649. The zero-order chi connectivity index (χ0) is 14.6. The number of nitrogens with zero attached hydrogens (tertiary/aromatic N) is 2. The Bertz CT molecular complexity index is 446. The first-order valence-corrected chi connectivity index (χ1v) is 8.95. The summed E-state index contributed by atoms with van der Waals surface area (Å²) in [5.74, 6) is 0.780. The van der Waals surface area contributed by atoms with Crippen molar-refractivity contribution in [2.75, 3.05) is 39.1 Å². The van der Waals surface area contributed by atoms with E-state index in [1.165, 1.54) is 6.26 Å². The first-order valence-electron chi connectivity index (χ1n) is 7.05. The highest BCUT2D eigenvalue weighted by molar-refractivity contribution is 7.88. The lowest BCUT2D eigenvalue weighted by molar-refractivity contribution is 0.0674. The summed E-state index contributed by atoms with van der Waals surface area (Å²) in [7, 11) is -3.16. The molecule has 0 aromatic heterocycles. The number of rotatable bonds is 4. The van der Waals surface area contributed by atoms with Crippen molar-refractivity contribution in [1.82, 2.24) is 9.62 Å². The predicted molar refractivity (Wildman–Crippen MR) is 78.0 cm³/mol. The molecule has 0 aromatic rings. The van der Waals surface area contributed by atoms with Crippen molar-refractivity contribution in [2.24, 2.45) is 16.6 Å². The Hall–Kier alpha value is -0.860. The van der Waals surface area contributed by atoms with E-state index in [2.05, 4.69) is 9.71 Å². The molecule has 2 aliphatic rings. The molecule has 1 aliphatic carbocycles. The van der Waals surface area contributed by atoms with Gasteiger partial charge in [-0.15, -0.1) is 0 Å². The molecule has 0 radical (unpaired) electrons. The number of hydrogen-bond acceptors (Lipinski definition) is 4. The second-order valence-electron chi connectivity index (χ2n) is 5.49. The Labute approximate surface area is 120 Å². The number of nitrogens with two attached hydrogens (primary N) is 1. The SMILES string of the molecule is CS(=O)(=O)NC1CCCC1CN=C(N)N1CCOCC1. The Morgan fingerprint density at radius 3 is 2.75 bits per heavy atom. The Morgan fingerprint density at radius 2 is 2.10 bits per heavy atom. The Morgan fingerprint density at radius 1 is 1.40 bits per heavy atom. The van der Waals surface area contributed by atoms with Gasteiger partial charge in [-0.1, -0.05) is 6.42 Å². The van der Waals surface area contributed by atoms with Gasteiger partial charge in [-0.3, -0.25) is 4.99 Å². The van der Waals surface area contributed by atoms with Gasteiger partial charge in [0.1, 0.15) is 0 Å². The van der Waals surface area contributed by atoms with E-state index in [0.717, 1.165) is 32.4 Å². The number of ether oxygens (including phenoxy) is 1. The van der Waals surface area contributed by atoms with E-state index in [4.69, 9.17) is 10.5 Å². The van der Waals surface area contributed by atoms with Gasteiger partial charge in [0, 0.05) is 25.7 Å². The van der Waals surface area contributed by atoms with E-state index in [9.17, 15) is 8.42 Å². The molecule has 3 N–H and O–H groups in total. The van der Waals surface area contributed by atoms with Crippen LogP contribution in [0, 0.1) is 5.92 Å². The van der Waals surface area contributed by atoms with Crippen LogP contribution in [0.1, 0.15) is 19.3 Å². The summed E-state index contributed by atoms with van der Waals surface area (Å²) >= 11 is 0. The molecule has 116 valence electrons. The lowest BCUT2D eigenvalue weighted by Crippen LogP contribution is -2.45. The number of aliphatic imine (C=N–C) groups is 1. The van der Waals surface area contributed by atoms with Gasteiger partial charge >= 0.3 is 0 Å². The molecule has 7 nitrogen and oxygen atoms in total. The van der Waals surface area contributed by atoms with Crippen molar-refractivity contribution < 1.29 is 13.2 Å². The quantitative estimate of drug-likeness (QED) is 0.531. The third kappa shape index (κ3) is 4.60. The molecule has 1 saturated carbocycles. The van der Waals surface area contributed by atoms with E-state index in [-0.39, 0.29) is 12.0 Å². The number of morpholine rings is 1. The third-order valence-electron chi connectivity index (χ3n) is 3.85. The second kappa shape index (κ2) is 6.73. The molecule has 1 heterocycles. The minimum absolute atomic E-state index is 0.00811. The van der Waals surface area contributed by atoms with Crippen LogP contribution < -0.4 is 10.5 Å². The average molecular weight is 304 g/mol. The van der Waals surface area contributed by atoms with Crippen molar-refractivity contribution in [3.63, 3.8) is 0 Å². The van der Waals surface area contributed by atoms with Gasteiger partial charge in [0.15, 0.2) is 5.96 Å². The molecular weight excluding hydrogens is 280 g/mol. The molecule has 2 unspecified atom stereocenters. The Kier molecular flexibility index (Phi) is 5.22. The van der Waals surface area contributed by atoms with Crippen LogP contribution in [-0.4, -0.2) is 64.4 Å². The molecule has 0 spiro atoms. The number of hydrogen-bond donors (Lipinski definition) is 2. The van der Waals surface area contributed by atoms with Gasteiger partial charge in [-0.2, -0.15) is 0 Å². The lowest BCUT2D eigenvalue weighted by Gasteiger charge is -2.28. The van der Waals surface area contributed by atoms with Gasteiger partial charge in [0.2, 0.25) is 10.0 Å². The van der Waals surface area contributed by atoms with Crippen molar-refractivity contribution in [2.45, 2.75) is 25.3 Å². The van der Waals surface area contributed by atoms with Gasteiger partial charge in [0.25, 0.3) is 0 Å². The molecule has 2 atom stereocenters. The monoisotopic (exact) mass is 304 g/mol. The van der Waals surface area contributed by atoms with Crippen LogP contribution in [0.15, 0.2) is 4.99 Å². The standard InChI is InChI=1S/C12H24N4O3S/c1-20(17,18)15-11-4-2-3-10(11)9-14-12(13)16-5-7-19-8-6-16/h10-11,15H,2-9H2,1H3,(H2,13,14). The lowest BCUT2D eigenvalue weighted by atomic mass is 10.1. The molecule has 0 amide bonds. The summed E-state index contributed by atoms with van der Waals surface area (Å²) in [4.78, 5) is 6.45. The Balaban J connectivity index is 1.88. The van der Waals surface area contributed by atoms with Crippen LogP contribution in [0.2, 0.25) is 0 Å². The maximum absolute atomic E-state index is 11.3.